The van der Waals surface area contributed by atoms with Crippen LogP contribution in [0.1, 0.15) is 42.5 Å². The van der Waals surface area contributed by atoms with Gasteiger partial charge in [-0.05, 0) is 67.9 Å². The zero-order chi connectivity index (χ0) is 17.6. The summed E-state index contributed by atoms with van der Waals surface area (Å²) in [5.74, 6) is 1.29. The summed E-state index contributed by atoms with van der Waals surface area (Å²) in [6, 6.07) is 3.37. The highest BCUT2D eigenvalue weighted by atomic mass is 16.7. The number of nitrogens with zero attached hydrogens (tertiary/aromatic N) is 1. The molecular weight excluding hydrogens is 326 g/mol. The second-order valence-electron chi connectivity index (χ2n) is 7.55. The molecule has 25 heavy (non-hydrogen) atoms. The standard InChI is InChI=1S/C18H21NO6/c20-18(21)12-1-2-15(19(22)23)16(8-12)24-9-25-17-13-4-10-3-11(6-13)7-14(17)5-10/h1-2,8,10-11,13-14,17H,3-7,9H2,(H,20,21)/p-1. The number of carbonyl (C=O) groups excluding carboxylic acids is 1. The van der Waals surface area contributed by atoms with Gasteiger partial charge in [-0.1, -0.05) is 0 Å². The predicted molar refractivity (Wildman–Crippen MR) is 84.8 cm³/mol. The summed E-state index contributed by atoms with van der Waals surface area (Å²) in [6.07, 6.45) is 6.33. The molecule has 4 saturated carbocycles. The molecule has 0 aliphatic heterocycles. The maximum absolute atomic E-state index is 11.1. The first-order chi connectivity index (χ1) is 12.0. The fourth-order valence-electron chi connectivity index (χ4n) is 5.23. The smallest absolute Gasteiger partial charge is 0.311 e. The van der Waals surface area contributed by atoms with Gasteiger partial charge in [-0.25, -0.2) is 0 Å². The molecule has 0 N–H and O–H groups in total. The van der Waals surface area contributed by atoms with E-state index in [1.807, 2.05) is 0 Å². The van der Waals surface area contributed by atoms with Crippen LogP contribution in [-0.2, 0) is 4.74 Å². The van der Waals surface area contributed by atoms with Crippen LogP contribution in [0.3, 0.4) is 0 Å². The Morgan fingerprint density at radius 3 is 2.32 bits per heavy atom. The van der Waals surface area contributed by atoms with Crippen molar-refractivity contribution in [3.05, 3.63) is 33.9 Å². The number of rotatable bonds is 6. The lowest BCUT2D eigenvalue weighted by atomic mass is 9.55. The Labute approximate surface area is 145 Å². The number of hydrogen-bond acceptors (Lipinski definition) is 6. The van der Waals surface area contributed by atoms with E-state index in [-0.39, 0.29) is 29.9 Å². The lowest BCUT2D eigenvalue weighted by Gasteiger charge is -2.53. The van der Waals surface area contributed by atoms with Crippen molar-refractivity contribution in [1.82, 2.24) is 0 Å². The van der Waals surface area contributed by atoms with Crippen LogP contribution in [0.15, 0.2) is 18.2 Å². The molecule has 4 aliphatic carbocycles. The Bertz CT molecular complexity index is 675. The molecule has 0 unspecified atom stereocenters. The molecule has 5 rings (SSSR count). The van der Waals surface area contributed by atoms with Gasteiger partial charge in [0, 0.05) is 11.6 Å². The van der Waals surface area contributed by atoms with Crippen LogP contribution < -0.4 is 9.84 Å². The molecule has 0 saturated heterocycles. The molecule has 0 atom stereocenters. The van der Waals surface area contributed by atoms with Crippen LogP contribution in [0, 0.1) is 33.8 Å². The maximum Gasteiger partial charge on any atom is 0.311 e. The third-order valence-electron chi connectivity index (χ3n) is 6.01. The lowest BCUT2D eigenvalue weighted by molar-refractivity contribution is -0.386. The summed E-state index contributed by atoms with van der Waals surface area (Å²) < 4.78 is 11.4. The Morgan fingerprint density at radius 1 is 1.12 bits per heavy atom. The van der Waals surface area contributed by atoms with Crippen LogP contribution in [0.5, 0.6) is 5.75 Å². The molecule has 1 aromatic rings. The van der Waals surface area contributed by atoms with Crippen LogP contribution in [0.4, 0.5) is 5.69 Å². The van der Waals surface area contributed by atoms with Gasteiger partial charge in [0.2, 0.25) is 5.75 Å². The minimum absolute atomic E-state index is 0.101. The van der Waals surface area contributed by atoms with Gasteiger partial charge in [0.25, 0.3) is 0 Å². The van der Waals surface area contributed by atoms with E-state index in [0.717, 1.165) is 30.0 Å². The van der Waals surface area contributed by atoms with Crippen LogP contribution in [-0.4, -0.2) is 23.8 Å². The molecular formula is C18H20NO6-. The van der Waals surface area contributed by atoms with E-state index < -0.39 is 10.9 Å². The molecule has 1 aromatic carbocycles. The van der Waals surface area contributed by atoms with Crippen molar-refractivity contribution in [1.29, 1.82) is 0 Å². The number of benzene rings is 1. The van der Waals surface area contributed by atoms with Crippen molar-refractivity contribution in [3.63, 3.8) is 0 Å². The Balaban J connectivity index is 1.42. The monoisotopic (exact) mass is 346 g/mol. The summed E-state index contributed by atoms with van der Waals surface area (Å²) in [4.78, 5) is 21.4. The maximum atomic E-state index is 11.1. The highest BCUT2D eigenvalue weighted by molar-refractivity contribution is 5.87. The number of carboxylic acids is 1. The quantitative estimate of drug-likeness (QED) is 0.444. The van der Waals surface area contributed by atoms with Crippen LogP contribution >= 0.6 is 0 Å². The SMILES string of the molecule is O=C([O-])c1ccc([N+](=O)[O-])c(OCOC2C3CC4CC(C3)CC2C4)c1. The van der Waals surface area contributed by atoms with E-state index in [1.165, 1.54) is 32.1 Å². The van der Waals surface area contributed by atoms with Gasteiger partial charge in [0.05, 0.1) is 17.0 Å². The van der Waals surface area contributed by atoms with Gasteiger partial charge in [-0.15, -0.1) is 0 Å². The van der Waals surface area contributed by atoms with E-state index in [9.17, 15) is 20.0 Å². The second-order valence-corrected chi connectivity index (χ2v) is 7.55. The van der Waals surface area contributed by atoms with Gasteiger partial charge >= 0.3 is 5.69 Å². The van der Waals surface area contributed by atoms with Crippen molar-refractivity contribution in [2.45, 2.75) is 38.2 Å². The summed E-state index contributed by atoms with van der Waals surface area (Å²) in [6.45, 7) is -0.107. The highest BCUT2D eigenvalue weighted by Crippen LogP contribution is 2.54. The first kappa shape index (κ1) is 16.3. The number of aromatic carboxylic acids is 1. The predicted octanol–water partition coefficient (Wildman–Crippen LogP) is 2.14. The zero-order valence-corrected chi connectivity index (χ0v) is 13.8. The average Bonchev–Trinajstić information content (AvgIpc) is 2.56. The zero-order valence-electron chi connectivity index (χ0n) is 13.8. The Hall–Kier alpha value is -2.15. The van der Waals surface area contributed by atoms with Gasteiger partial charge in [0.15, 0.2) is 6.79 Å². The Morgan fingerprint density at radius 2 is 1.76 bits per heavy atom. The van der Waals surface area contributed by atoms with Crippen LogP contribution in [0.25, 0.3) is 0 Å². The summed E-state index contributed by atoms with van der Waals surface area (Å²) in [7, 11) is 0. The topological polar surface area (TPSA) is 102 Å². The van der Waals surface area contributed by atoms with E-state index in [0.29, 0.717) is 11.8 Å². The molecule has 0 radical (unpaired) electrons. The van der Waals surface area contributed by atoms with E-state index in [1.54, 1.807) is 0 Å². The number of carbonyl (C=O) groups is 1. The first-order valence-corrected chi connectivity index (χ1v) is 8.75. The average molecular weight is 346 g/mol. The van der Waals surface area contributed by atoms with Crippen molar-refractivity contribution in [3.8, 4) is 5.75 Å². The summed E-state index contributed by atoms with van der Waals surface area (Å²) >= 11 is 0. The highest BCUT2D eigenvalue weighted by Gasteiger charge is 2.48. The number of hydrogen-bond donors (Lipinski definition) is 0. The number of nitro benzene ring substituents is 1. The molecule has 0 spiro atoms. The van der Waals surface area contributed by atoms with E-state index >= 15 is 0 Å². The molecule has 0 heterocycles. The molecule has 0 amide bonds. The van der Waals surface area contributed by atoms with Crippen molar-refractivity contribution in [2.75, 3.05) is 6.79 Å². The van der Waals surface area contributed by atoms with Crippen molar-refractivity contribution >= 4 is 11.7 Å². The molecule has 0 aromatic heterocycles. The minimum Gasteiger partial charge on any atom is -0.545 e. The molecule has 4 fully saturated rings. The number of carboxylic acid groups (broad SMARTS) is 1. The normalized spacial score (nSPS) is 32.6. The molecule has 7 heteroatoms. The number of nitro groups is 1. The first-order valence-electron chi connectivity index (χ1n) is 8.75. The minimum atomic E-state index is -1.40. The van der Waals surface area contributed by atoms with E-state index in [2.05, 4.69) is 0 Å². The Kier molecular flexibility index (Phi) is 4.11. The third-order valence-corrected chi connectivity index (χ3v) is 6.01. The summed E-state index contributed by atoms with van der Waals surface area (Å²) in [5, 5.41) is 22.0. The fraction of sp³-hybridized carbons (Fsp3) is 0.611. The number of ether oxygens (including phenoxy) is 2. The lowest BCUT2D eigenvalue weighted by Crippen LogP contribution is -2.49. The van der Waals surface area contributed by atoms with Gasteiger partial charge in [0.1, 0.15) is 0 Å². The largest absolute Gasteiger partial charge is 0.545 e. The third kappa shape index (κ3) is 3.08. The molecule has 134 valence electrons. The van der Waals surface area contributed by atoms with Gasteiger partial charge < -0.3 is 19.4 Å². The van der Waals surface area contributed by atoms with Crippen LogP contribution in [0.2, 0.25) is 0 Å². The second kappa shape index (κ2) is 6.29. The fourth-order valence-corrected chi connectivity index (χ4v) is 5.23. The van der Waals surface area contributed by atoms with Gasteiger partial charge in [-0.2, -0.15) is 0 Å². The van der Waals surface area contributed by atoms with Gasteiger partial charge in [-0.3, -0.25) is 10.1 Å². The molecule has 4 bridgehead atoms. The van der Waals surface area contributed by atoms with E-state index in [4.69, 9.17) is 9.47 Å². The summed E-state index contributed by atoms with van der Waals surface area (Å²) in [5.41, 5.74) is -0.436. The van der Waals surface area contributed by atoms with Crippen molar-refractivity contribution < 1.29 is 24.3 Å². The van der Waals surface area contributed by atoms with Crippen molar-refractivity contribution in [2.24, 2.45) is 23.7 Å². The molecule has 4 aliphatic rings. The molecule has 7 nitrogen and oxygen atoms in total.